The molecule has 0 saturated heterocycles. The van der Waals surface area contributed by atoms with E-state index in [1.165, 1.54) is 4.90 Å². The molecule has 0 spiro atoms. The first-order valence-electron chi connectivity index (χ1n) is 8.56. The van der Waals surface area contributed by atoms with Crippen LogP contribution in [0.4, 0.5) is 5.69 Å². The lowest BCUT2D eigenvalue weighted by Gasteiger charge is -2.22. The number of amides is 1. The maximum Gasteiger partial charge on any atom is 0.310 e. The van der Waals surface area contributed by atoms with Crippen LogP contribution in [0.25, 0.3) is 0 Å². The van der Waals surface area contributed by atoms with Crippen LogP contribution < -0.4 is 4.90 Å². The number of aryl methyl sites for hydroxylation is 2. The lowest BCUT2D eigenvalue weighted by atomic mass is 10.1. The summed E-state index contributed by atoms with van der Waals surface area (Å²) in [5.41, 5.74) is 3.30. The summed E-state index contributed by atoms with van der Waals surface area (Å²) >= 11 is 6.04. The molecule has 0 radical (unpaired) electrons. The Labute approximate surface area is 164 Å². The van der Waals surface area contributed by atoms with Crippen molar-refractivity contribution >= 4 is 29.2 Å². The summed E-state index contributed by atoms with van der Waals surface area (Å²) in [6.45, 7) is 3.59. The Morgan fingerprint density at radius 1 is 1.15 bits per heavy atom. The highest BCUT2D eigenvalue weighted by atomic mass is 35.5. The number of anilines is 1. The molecule has 5 nitrogen and oxygen atoms in total. The Bertz CT molecular complexity index is 874. The van der Waals surface area contributed by atoms with E-state index in [1.54, 1.807) is 18.2 Å². The van der Waals surface area contributed by atoms with Crippen molar-refractivity contribution < 1.29 is 14.3 Å². The molecule has 0 heterocycles. The minimum atomic E-state index is -0.467. The van der Waals surface area contributed by atoms with Crippen LogP contribution in [-0.2, 0) is 20.7 Å². The topological polar surface area (TPSA) is 70.4 Å². The van der Waals surface area contributed by atoms with Crippen molar-refractivity contribution in [2.24, 2.45) is 0 Å². The van der Waals surface area contributed by atoms with Crippen molar-refractivity contribution in [1.82, 2.24) is 0 Å². The molecule has 140 valence electrons. The summed E-state index contributed by atoms with van der Waals surface area (Å²) in [6.07, 6.45) is 0.281. The van der Waals surface area contributed by atoms with Gasteiger partial charge in [0.1, 0.15) is 0 Å². The summed E-state index contributed by atoms with van der Waals surface area (Å²) in [5.74, 6) is -0.852. The normalized spacial score (nSPS) is 10.1. The third kappa shape index (κ3) is 5.83. The van der Waals surface area contributed by atoms with Gasteiger partial charge in [0.05, 0.1) is 18.9 Å². The predicted octanol–water partition coefficient (Wildman–Crippen LogP) is 3.99. The van der Waals surface area contributed by atoms with Gasteiger partial charge in [0, 0.05) is 17.3 Å². The monoisotopic (exact) mass is 384 g/mol. The molecule has 0 aliphatic heterocycles. The lowest BCUT2D eigenvalue weighted by Crippen LogP contribution is -2.35. The summed E-state index contributed by atoms with van der Waals surface area (Å²) in [5, 5.41) is 9.45. The van der Waals surface area contributed by atoms with Crippen LogP contribution in [0.1, 0.15) is 23.1 Å². The number of nitriles is 1. The molecule has 27 heavy (non-hydrogen) atoms. The van der Waals surface area contributed by atoms with Gasteiger partial charge < -0.3 is 9.64 Å². The fourth-order valence-electron chi connectivity index (χ4n) is 2.59. The number of hydrogen-bond acceptors (Lipinski definition) is 4. The van der Waals surface area contributed by atoms with Gasteiger partial charge in [-0.25, -0.2) is 0 Å². The average molecular weight is 385 g/mol. The van der Waals surface area contributed by atoms with Gasteiger partial charge in [0.15, 0.2) is 6.61 Å². The third-order valence-electron chi connectivity index (χ3n) is 4.15. The first kappa shape index (κ1) is 20.5. The largest absolute Gasteiger partial charge is 0.455 e. The average Bonchev–Trinajstić information content (AvgIpc) is 2.65. The van der Waals surface area contributed by atoms with Crippen LogP contribution in [0.5, 0.6) is 0 Å². The zero-order chi connectivity index (χ0) is 19.8. The standard InChI is InChI=1S/C21H21ClN2O3/c1-15-6-3-4-7-17(15)13-21(26)27-14-20(25)24(11-5-10-23)18-8-9-19(22)16(2)12-18/h3-4,6-9,12H,5,11,13-14H2,1-2H3. The smallest absolute Gasteiger partial charge is 0.310 e. The fraction of sp³-hybridized carbons (Fsp3) is 0.286. The fourth-order valence-corrected chi connectivity index (χ4v) is 2.71. The number of rotatable bonds is 7. The van der Waals surface area contributed by atoms with E-state index in [0.717, 1.165) is 16.7 Å². The molecule has 0 N–H and O–H groups in total. The van der Waals surface area contributed by atoms with Crippen molar-refractivity contribution in [1.29, 1.82) is 5.26 Å². The maximum absolute atomic E-state index is 12.6. The Balaban J connectivity index is 2.03. The highest BCUT2D eigenvalue weighted by Crippen LogP contribution is 2.23. The van der Waals surface area contributed by atoms with E-state index in [4.69, 9.17) is 21.6 Å². The molecule has 1 amide bonds. The molecule has 2 aromatic rings. The highest BCUT2D eigenvalue weighted by Gasteiger charge is 2.18. The first-order chi connectivity index (χ1) is 12.9. The van der Waals surface area contributed by atoms with Gasteiger partial charge in [-0.15, -0.1) is 0 Å². The lowest BCUT2D eigenvalue weighted by molar-refractivity contribution is -0.147. The minimum Gasteiger partial charge on any atom is -0.455 e. The molecule has 0 aromatic heterocycles. The number of nitrogens with zero attached hydrogens (tertiary/aromatic N) is 2. The Kier molecular flexibility index (Phi) is 7.39. The zero-order valence-electron chi connectivity index (χ0n) is 15.4. The first-order valence-corrected chi connectivity index (χ1v) is 8.93. The molecule has 0 bridgehead atoms. The van der Waals surface area contributed by atoms with Crippen molar-refractivity contribution in [2.75, 3.05) is 18.1 Å². The van der Waals surface area contributed by atoms with Crippen LogP contribution >= 0.6 is 11.6 Å². The molecular weight excluding hydrogens is 364 g/mol. The SMILES string of the molecule is Cc1cc(N(CCC#N)C(=O)COC(=O)Cc2ccccc2C)ccc1Cl. The van der Waals surface area contributed by atoms with E-state index in [2.05, 4.69) is 0 Å². The molecule has 0 fully saturated rings. The third-order valence-corrected chi connectivity index (χ3v) is 4.58. The van der Waals surface area contributed by atoms with Gasteiger partial charge in [-0.1, -0.05) is 35.9 Å². The maximum atomic E-state index is 12.6. The van der Waals surface area contributed by atoms with Crippen molar-refractivity contribution in [2.45, 2.75) is 26.7 Å². The molecule has 6 heteroatoms. The number of carbonyl (C=O) groups is 2. The number of ether oxygens (including phenoxy) is 1. The van der Waals surface area contributed by atoms with E-state index in [-0.39, 0.29) is 31.9 Å². The van der Waals surface area contributed by atoms with Crippen molar-refractivity contribution in [3.63, 3.8) is 0 Å². The molecule has 2 rings (SSSR count). The van der Waals surface area contributed by atoms with Crippen LogP contribution in [-0.4, -0.2) is 25.0 Å². The highest BCUT2D eigenvalue weighted by molar-refractivity contribution is 6.31. The second-order valence-corrected chi connectivity index (χ2v) is 6.56. The predicted molar refractivity (Wildman–Crippen MR) is 105 cm³/mol. The van der Waals surface area contributed by atoms with E-state index in [0.29, 0.717) is 10.7 Å². The van der Waals surface area contributed by atoms with Gasteiger partial charge in [0.2, 0.25) is 0 Å². The van der Waals surface area contributed by atoms with Crippen molar-refractivity contribution in [3.05, 3.63) is 64.2 Å². The number of hydrogen-bond donors (Lipinski definition) is 0. The molecule has 0 aliphatic carbocycles. The summed E-state index contributed by atoms with van der Waals surface area (Å²) in [6, 6.07) is 14.7. The summed E-state index contributed by atoms with van der Waals surface area (Å²) in [4.78, 5) is 26.1. The molecule has 2 aromatic carbocycles. The second kappa shape index (κ2) is 9.75. The van der Waals surface area contributed by atoms with Gasteiger partial charge >= 0.3 is 5.97 Å². The quantitative estimate of drug-likeness (QED) is 0.677. The Morgan fingerprint density at radius 3 is 2.56 bits per heavy atom. The van der Waals surface area contributed by atoms with Gasteiger partial charge in [0.25, 0.3) is 5.91 Å². The second-order valence-electron chi connectivity index (χ2n) is 6.15. The van der Waals surface area contributed by atoms with Crippen LogP contribution in [0.15, 0.2) is 42.5 Å². The van der Waals surface area contributed by atoms with Gasteiger partial charge in [-0.2, -0.15) is 5.26 Å². The summed E-state index contributed by atoms with van der Waals surface area (Å²) in [7, 11) is 0. The molecular formula is C21H21ClN2O3. The van der Waals surface area contributed by atoms with Gasteiger partial charge in [-0.05, 0) is 48.7 Å². The van der Waals surface area contributed by atoms with Crippen molar-refractivity contribution in [3.8, 4) is 6.07 Å². The molecule has 0 atom stereocenters. The Morgan fingerprint density at radius 2 is 1.89 bits per heavy atom. The van der Waals surface area contributed by atoms with Crippen LogP contribution in [0.2, 0.25) is 5.02 Å². The van der Waals surface area contributed by atoms with Crippen LogP contribution in [0, 0.1) is 25.2 Å². The van der Waals surface area contributed by atoms with Gasteiger partial charge in [-0.3, -0.25) is 9.59 Å². The van der Waals surface area contributed by atoms with E-state index < -0.39 is 5.97 Å². The Hall–Kier alpha value is -2.84. The molecule has 0 unspecified atom stereocenters. The number of halogens is 1. The van der Waals surface area contributed by atoms with E-state index in [1.807, 2.05) is 44.2 Å². The molecule has 0 saturated carbocycles. The van der Waals surface area contributed by atoms with E-state index in [9.17, 15) is 9.59 Å². The molecule has 0 aliphatic rings. The minimum absolute atomic E-state index is 0.109. The van der Waals surface area contributed by atoms with Crippen LogP contribution in [0.3, 0.4) is 0 Å². The van der Waals surface area contributed by atoms with E-state index >= 15 is 0 Å². The number of carbonyl (C=O) groups excluding carboxylic acids is 2. The zero-order valence-corrected chi connectivity index (χ0v) is 16.1. The number of esters is 1. The summed E-state index contributed by atoms with van der Waals surface area (Å²) < 4.78 is 5.16. The number of benzene rings is 2.